The van der Waals surface area contributed by atoms with Crippen LogP contribution in [0.1, 0.15) is 38.3 Å². The van der Waals surface area contributed by atoms with Gasteiger partial charge in [0.1, 0.15) is 23.3 Å². The first-order chi connectivity index (χ1) is 16.9. The molecule has 1 aliphatic heterocycles. The molecule has 0 amide bonds. The molecule has 0 spiro atoms. The average Bonchev–Trinajstić information content (AvgIpc) is 3.23. The van der Waals surface area contributed by atoms with E-state index in [4.69, 9.17) is 19.4 Å². The molecule has 11 nitrogen and oxygen atoms in total. The van der Waals surface area contributed by atoms with Gasteiger partial charge >= 0.3 is 5.97 Å². The molecule has 5 aliphatic rings. The van der Waals surface area contributed by atoms with Crippen molar-refractivity contribution in [3.63, 3.8) is 0 Å². The van der Waals surface area contributed by atoms with Crippen molar-refractivity contribution in [3.05, 3.63) is 17.8 Å². The molecule has 0 radical (unpaired) electrons. The molecule has 6 unspecified atom stereocenters. The highest BCUT2D eigenvalue weighted by atomic mass is 16.6. The molecule has 11 heteroatoms. The number of anilines is 4. The molecule has 4 N–H and O–H groups in total. The fourth-order valence-electron chi connectivity index (χ4n) is 6.79. The van der Waals surface area contributed by atoms with Gasteiger partial charge in [-0.05, 0) is 44.4 Å². The normalized spacial score (nSPS) is 33.6. The smallest absolute Gasteiger partial charge is 0.303 e. The third-order valence-electron chi connectivity index (χ3n) is 7.99. The van der Waals surface area contributed by atoms with E-state index >= 15 is 0 Å². The number of hydrogen-bond donors (Lipinski definition) is 4. The van der Waals surface area contributed by atoms with Crippen molar-refractivity contribution in [2.75, 3.05) is 41.8 Å². The number of nitrogens with zero attached hydrogens (tertiary/aromatic N) is 4. The number of nitrogens with one attached hydrogen (secondary N) is 3. The number of aryl methyl sites for hydroxylation is 1. The number of aliphatic hydroxyl groups is 1. The minimum Gasteiger partial charge on any atom is -0.459 e. The highest BCUT2D eigenvalue weighted by Crippen LogP contribution is 2.57. The maximum absolute atomic E-state index is 11.9. The first-order valence-corrected chi connectivity index (χ1v) is 12.5. The zero-order valence-corrected chi connectivity index (χ0v) is 20.2. The van der Waals surface area contributed by atoms with Crippen LogP contribution in [0.5, 0.6) is 0 Å². The average molecular weight is 484 g/mol. The molecule has 1 saturated heterocycles. The molecule has 188 valence electrons. The molecule has 6 atom stereocenters. The van der Waals surface area contributed by atoms with Gasteiger partial charge in [-0.25, -0.2) is 0 Å². The van der Waals surface area contributed by atoms with Crippen LogP contribution in [-0.2, 0) is 14.3 Å². The standard InChI is InChI=1S/C24H33N7O4/c1-13-7-19(30-29-13)25-18-10-20(31-3-5-34-6-4-31)27-23(26-18)28-21-16-8-15-9-17(21)22(35-14(2)32)24(33,11-15)12-16/h7,10,15-17,21-22,33H,3-6,8-9,11-12H2,1-2H3,(H3,25,26,27,28,29,30). The topological polar surface area (TPSA) is 138 Å². The molecular weight excluding hydrogens is 450 g/mol. The van der Waals surface area contributed by atoms with Crippen LogP contribution in [0.15, 0.2) is 12.1 Å². The van der Waals surface area contributed by atoms with E-state index in [0.717, 1.165) is 37.4 Å². The summed E-state index contributed by atoms with van der Waals surface area (Å²) in [6.07, 6.45) is 2.82. The number of esters is 1. The molecule has 35 heavy (non-hydrogen) atoms. The molecule has 2 aromatic rings. The summed E-state index contributed by atoms with van der Waals surface area (Å²) in [5.74, 6) is 3.10. The summed E-state index contributed by atoms with van der Waals surface area (Å²) in [6, 6.07) is 3.88. The molecule has 7 rings (SSSR count). The maximum Gasteiger partial charge on any atom is 0.303 e. The summed E-state index contributed by atoms with van der Waals surface area (Å²) < 4.78 is 11.2. The van der Waals surface area contributed by atoms with Gasteiger partial charge in [0.25, 0.3) is 0 Å². The van der Waals surface area contributed by atoms with Crippen molar-refractivity contribution < 1.29 is 19.4 Å². The Morgan fingerprint density at radius 2 is 2.06 bits per heavy atom. The second-order valence-corrected chi connectivity index (χ2v) is 10.6. The van der Waals surface area contributed by atoms with Crippen molar-refractivity contribution in [3.8, 4) is 0 Å². The van der Waals surface area contributed by atoms with Gasteiger partial charge in [0.05, 0.1) is 13.2 Å². The Morgan fingerprint density at radius 1 is 1.23 bits per heavy atom. The fraction of sp³-hybridized carbons (Fsp3) is 0.667. The summed E-state index contributed by atoms with van der Waals surface area (Å²) >= 11 is 0. The van der Waals surface area contributed by atoms with Crippen LogP contribution in [0.25, 0.3) is 0 Å². The van der Waals surface area contributed by atoms with Gasteiger partial charge < -0.3 is 30.1 Å². The number of rotatable bonds is 6. The number of H-pyrrole nitrogens is 1. The molecule has 4 saturated carbocycles. The van der Waals surface area contributed by atoms with E-state index in [0.29, 0.717) is 49.6 Å². The largest absolute Gasteiger partial charge is 0.459 e. The van der Waals surface area contributed by atoms with Gasteiger partial charge in [-0.2, -0.15) is 15.1 Å². The first kappa shape index (κ1) is 22.5. The van der Waals surface area contributed by atoms with Crippen molar-refractivity contribution >= 4 is 29.4 Å². The van der Waals surface area contributed by atoms with Gasteiger partial charge in [-0.3, -0.25) is 9.89 Å². The minimum atomic E-state index is -0.929. The molecule has 0 aromatic carbocycles. The predicted octanol–water partition coefficient (Wildman–Crippen LogP) is 1.98. The Morgan fingerprint density at radius 3 is 2.80 bits per heavy atom. The number of morpholine rings is 1. The molecule has 2 aromatic heterocycles. The van der Waals surface area contributed by atoms with Crippen molar-refractivity contribution in [2.45, 2.75) is 57.3 Å². The van der Waals surface area contributed by atoms with Crippen LogP contribution < -0.4 is 15.5 Å². The SMILES string of the molecule is CC(=O)OC1C2CC3CC(CC1(O)C3)C2Nc1nc(Nc2cc(C)[nH]n2)cc(N2CCOCC2)n1. The lowest BCUT2D eigenvalue weighted by Gasteiger charge is -2.61. The number of aromatic amines is 1. The van der Waals surface area contributed by atoms with Crippen LogP contribution in [0, 0.1) is 24.7 Å². The van der Waals surface area contributed by atoms with Gasteiger partial charge in [-0.1, -0.05) is 0 Å². The monoisotopic (exact) mass is 483 g/mol. The molecule has 5 fully saturated rings. The summed E-state index contributed by atoms with van der Waals surface area (Å²) in [4.78, 5) is 23.7. The number of hydrogen-bond acceptors (Lipinski definition) is 10. The van der Waals surface area contributed by atoms with E-state index in [2.05, 4.69) is 25.7 Å². The lowest BCUT2D eigenvalue weighted by atomic mass is 9.51. The maximum atomic E-state index is 11.9. The Hall–Kier alpha value is -2.92. The van der Waals surface area contributed by atoms with Gasteiger partial charge in [0.15, 0.2) is 5.82 Å². The molecule has 4 aliphatic carbocycles. The Labute approximate surface area is 204 Å². The van der Waals surface area contributed by atoms with Crippen molar-refractivity contribution in [2.24, 2.45) is 17.8 Å². The second-order valence-electron chi connectivity index (χ2n) is 10.6. The first-order valence-electron chi connectivity index (χ1n) is 12.5. The lowest BCUT2D eigenvalue weighted by molar-refractivity contribution is -0.224. The van der Waals surface area contributed by atoms with Crippen LogP contribution in [0.2, 0.25) is 0 Å². The minimum absolute atomic E-state index is 0.0243. The van der Waals surface area contributed by atoms with E-state index in [1.165, 1.54) is 6.92 Å². The summed E-state index contributed by atoms with van der Waals surface area (Å²) in [5, 5.41) is 25.5. The summed E-state index contributed by atoms with van der Waals surface area (Å²) in [5.41, 5.74) is 0.0258. The quantitative estimate of drug-likeness (QED) is 0.451. The molecule has 3 heterocycles. The number of aromatic nitrogens is 4. The van der Waals surface area contributed by atoms with Crippen LogP contribution in [0.4, 0.5) is 23.4 Å². The van der Waals surface area contributed by atoms with Crippen molar-refractivity contribution in [1.29, 1.82) is 0 Å². The summed E-state index contributed by atoms with van der Waals surface area (Å²) in [7, 11) is 0. The third kappa shape index (κ3) is 4.31. The van der Waals surface area contributed by atoms with E-state index in [1.54, 1.807) is 0 Å². The van der Waals surface area contributed by atoms with Crippen LogP contribution in [-0.4, -0.2) is 75.3 Å². The Bertz CT molecular complexity index is 1100. The molecular formula is C24H33N7O4. The van der Waals surface area contributed by atoms with Crippen LogP contribution >= 0.6 is 0 Å². The number of carbonyl (C=O) groups is 1. The molecule has 4 bridgehead atoms. The number of carbonyl (C=O) groups excluding carboxylic acids is 1. The highest BCUT2D eigenvalue weighted by molar-refractivity contribution is 5.66. The van der Waals surface area contributed by atoms with E-state index in [9.17, 15) is 9.90 Å². The fourth-order valence-corrected chi connectivity index (χ4v) is 6.79. The zero-order chi connectivity index (χ0) is 24.2. The lowest BCUT2D eigenvalue weighted by Crippen LogP contribution is -2.68. The van der Waals surface area contributed by atoms with Crippen LogP contribution in [0.3, 0.4) is 0 Å². The van der Waals surface area contributed by atoms with Gasteiger partial charge in [0.2, 0.25) is 5.95 Å². The van der Waals surface area contributed by atoms with E-state index in [-0.39, 0.29) is 23.8 Å². The van der Waals surface area contributed by atoms with Gasteiger partial charge in [0, 0.05) is 49.8 Å². The third-order valence-corrected chi connectivity index (χ3v) is 7.99. The second kappa shape index (κ2) is 8.63. The predicted molar refractivity (Wildman–Crippen MR) is 129 cm³/mol. The van der Waals surface area contributed by atoms with E-state index < -0.39 is 11.7 Å². The zero-order valence-electron chi connectivity index (χ0n) is 20.2. The highest BCUT2D eigenvalue weighted by Gasteiger charge is 2.62. The number of ether oxygens (including phenoxy) is 2. The Kier molecular flexibility index (Phi) is 5.56. The van der Waals surface area contributed by atoms with Crippen molar-refractivity contribution in [1.82, 2.24) is 20.2 Å². The van der Waals surface area contributed by atoms with E-state index in [1.807, 2.05) is 19.1 Å². The Balaban J connectivity index is 1.30. The van der Waals surface area contributed by atoms with Gasteiger partial charge in [-0.15, -0.1) is 0 Å². The summed E-state index contributed by atoms with van der Waals surface area (Å²) in [6.45, 7) is 6.20.